The van der Waals surface area contributed by atoms with Gasteiger partial charge in [0, 0.05) is 12.6 Å². The van der Waals surface area contributed by atoms with E-state index in [9.17, 15) is 4.79 Å². The quantitative estimate of drug-likeness (QED) is 0.850. The first kappa shape index (κ1) is 11.4. The first-order valence-corrected chi connectivity index (χ1v) is 5.55. The van der Waals surface area contributed by atoms with Gasteiger partial charge in [-0.05, 0) is 25.0 Å². The molecule has 0 aliphatic carbocycles. The molecule has 88 valence electrons. The number of nitriles is 1. The molecular weight excluding hydrogens is 218 g/mol. The first-order valence-electron chi connectivity index (χ1n) is 5.55. The Morgan fingerprint density at radius 3 is 3.06 bits per heavy atom. The molecule has 1 N–H and O–H groups in total. The number of aromatic nitrogens is 1. The van der Waals surface area contributed by atoms with Crippen LogP contribution in [0.3, 0.4) is 0 Å². The lowest BCUT2D eigenvalue weighted by molar-refractivity contribution is -0.137. The van der Waals surface area contributed by atoms with E-state index in [-0.39, 0.29) is 12.5 Å². The first-order chi connectivity index (χ1) is 8.20. The lowest BCUT2D eigenvalue weighted by atomic mass is 10.1. The summed E-state index contributed by atoms with van der Waals surface area (Å²) in [6.45, 7) is 0.853. The van der Waals surface area contributed by atoms with Crippen molar-refractivity contribution in [1.29, 1.82) is 5.26 Å². The fourth-order valence-corrected chi connectivity index (χ4v) is 2.21. The molecule has 1 saturated heterocycles. The van der Waals surface area contributed by atoms with Crippen molar-refractivity contribution in [3.8, 4) is 6.07 Å². The molecule has 1 aliphatic heterocycles. The van der Waals surface area contributed by atoms with Crippen molar-refractivity contribution in [3.63, 3.8) is 0 Å². The molecule has 5 heteroatoms. The molecule has 2 heterocycles. The second kappa shape index (κ2) is 4.83. The minimum atomic E-state index is -0.775. The van der Waals surface area contributed by atoms with Gasteiger partial charge in [0.15, 0.2) is 0 Å². The molecule has 17 heavy (non-hydrogen) atoms. The van der Waals surface area contributed by atoms with Crippen LogP contribution in [0.25, 0.3) is 0 Å². The van der Waals surface area contributed by atoms with Crippen LogP contribution in [0.15, 0.2) is 18.3 Å². The molecule has 0 spiro atoms. The van der Waals surface area contributed by atoms with Crippen LogP contribution >= 0.6 is 0 Å². The molecule has 0 saturated carbocycles. The maximum Gasteiger partial charge on any atom is 0.305 e. The van der Waals surface area contributed by atoms with Gasteiger partial charge in [-0.2, -0.15) is 5.26 Å². The van der Waals surface area contributed by atoms with Crippen molar-refractivity contribution in [2.24, 2.45) is 0 Å². The van der Waals surface area contributed by atoms with Gasteiger partial charge < -0.3 is 10.0 Å². The molecule has 1 aromatic heterocycles. The molecule has 1 atom stereocenters. The van der Waals surface area contributed by atoms with Crippen molar-refractivity contribution in [2.75, 3.05) is 11.4 Å². The number of hydrogen-bond donors (Lipinski definition) is 1. The van der Waals surface area contributed by atoms with Gasteiger partial charge >= 0.3 is 5.97 Å². The summed E-state index contributed by atoms with van der Waals surface area (Å²) >= 11 is 0. The SMILES string of the molecule is N#Cc1ccc(N2CCCC2CC(=O)O)cn1. The third-order valence-electron chi connectivity index (χ3n) is 2.98. The van der Waals surface area contributed by atoms with Crippen molar-refractivity contribution in [3.05, 3.63) is 24.0 Å². The highest BCUT2D eigenvalue weighted by molar-refractivity contribution is 5.68. The Bertz CT molecular complexity index is 450. The van der Waals surface area contributed by atoms with Crippen LogP contribution in [0.4, 0.5) is 5.69 Å². The Morgan fingerprint density at radius 1 is 1.65 bits per heavy atom. The van der Waals surface area contributed by atoms with Crippen LogP contribution in [-0.4, -0.2) is 28.6 Å². The van der Waals surface area contributed by atoms with Crippen molar-refractivity contribution >= 4 is 11.7 Å². The third-order valence-corrected chi connectivity index (χ3v) is 2.98. The molecule has 5 nitrogen and oxygen atoms in total. The molecule has 0 aromatic carbocycles. The van der Waals surface area contributed by atoms with E-state index in [2.05, 4.69) is 9.88 Å². The summed E-state index contributed by atoms with van der Waals surface area (Å²) in [4.78, 5) is 16.8. The van der Waals surface area contributed by atoms with E-state index in [1.165, 1.54) is 0 Å². The average Bonchev–Trinajstić information content (AvgIpc) is 2.76. The number of carboxylic acid groups (broad SMARTS) is 1. The highest BCUT2D eigenvalue weighted by atomic mass is 16.4. The van der Waals surface area contributed by atoms with Gasteiger partial charge in [0.1, 0.15) is 11.8 Å². The van der Waals surface area contributed by atoms with Gasteiger partial charge in [0.25, 0.3) is 0 Å². The maximum absolute atomic E-state index is 10.7. The van der Waals surface area contributed by atoms with Gasteiger partial charge in [0.05, 0.1) is 18.3 Å². The Kier molecular flexibility index (Phi) is 3.24. The van der Waals surface area contributed by atoms with Crippen LogP contribution in [-0.2, 0) is 4.79 Å². The summed E-state index contributed by atoms with van der Waals surface area (Å²) in [6, 6.07) is 5.49. The minimum Gasteiger partial charge on any atom is -0.481 e. The predicted molar refractivity (Wildman–Crippen MR) is 61.6 cm³/mol. The topological polar surface area (TPSA) is 77.2 Å². The standard InChI is InChI=1S/C12H13N3O2/c13-7-9-3-4-11(8-14-9)15-5-1-2-10(15)6-12(16)17/h3-4,8,10H,1-2,5-6H2,(H,16,17). The van der Waals surface area contributed by atoms with Gasteiger partial charge in [-0.3, -0.25) is 4.79 Å². The Balaban J connectivity index is 2.14. The highest BCUT2D eigenvalue weighted by Crippen LogP contribution is 2.26. The van der Waals surface area contributed by atoms with E-state index in [0.717, 1.165) is 25.1 Å². The van der Waals surface area contributed by atoms with Crippen LogP contribution in [0, 0.1) is 11.3 Å². The van der Waals surface area contributed by atoms with E-state index >= 15 is 0 Å². The molecule has 1 unspecified atom stereocenters. The Labute approximate surface area is 99.3 Å². The molecule has 0 bridgehead atoms. The predicted octanol–water partition coefficient (Wildman–Crippen LogP) is 1.40. The second-order valence-corrected chi connectivity index (χ2v) is 4.10. The highest BCUT2D eigenvalue weighted by Gasteiger charge is 2.26. The Hall–Kier alpha value is -2.09. The lowest BCUT2D eigenvalue weighted by Crippen LogP contribution is -2.31. The largest absolute Gasteiger partial charge is 0.481 e. The normalized spacial score (nSPS) is 19.0. The summed E-state index contributed by atoms with van der Waals surface area (Å²) in [7, 11) is 0. The fourth-order valence-electron chi connectivity index (χ4n) is 2.21. The van der Waals surface area contributed by atoms with Crippen molar-refractivity contribution in [1.82, 2.24) is 4.98 Å². The summed E-state index contributed by atoms with van der Waals surface area (Å²) in [5, 5.41) is 17.5. The minimum absolute atomic E-state index is 0.0437. The molecule has 1 fully saturated rings. The van der Waals surface area contributed by atoms with Crippen LogP contribution < -0.4 is 4.90 Å². The number of rotatable bonds is 3. The fraction of sp³-hybridized carbons (Fsp3) is 0.417. The number of aliphatic carboxylic acids is 1. The number of anilines is 1. The number of hydrogen-bond acceptors (Lipinski definition) is 4. The third kappa shape index (κ3) is 2.53. The molecule has 0 amide bonds. The number of pyridine rings is 1. The number of carboxylic acids is 1. The van der Waals surface area contributed by atoms with E-state index in [1.54, 1.807) is 12.3 Å². The van der Waals surface area contributed by atoms with Crippen molar-refractivity contribution < 1.29 is 9.90 Å². The maximum atomic E-state index is 10.7. The molecule has 1 aromatic rings. The van der Waals surface area contributed by atoms with E-state index in [0.29, 0.717) is 5.69 Å². The monoisotopic (exact) mass is 231 g/mol. The summed E-state index contributed by atoms with van der Waals surface area (Å²) in [5.74, 6) is -0.775. The van der Waals surface area contributed by atoms with Crippen LogP contribution in [0.2, 0.25) is 0 Å². The number of carbonyl (C=O) groups is 1. The van der Waals surface area contributed by atoms with E-state index in [1.807, 2.05) is 12.1 Å². The zero-order chi connectivity index (χ0) is 12.3. The summed E-state index contributed by atoms with van der Waals surface area (Å²) < 4.78 is 0. The lowest BCUT2D eigenvalue weighted by Gasteiger charge is -2.25. The van der Waals surface area contributed by atoms with Gasteiger partial charge in [-0.1, -0.05) is 0 Å². The molecule has 1 aliphatic rings. The van der Waals surface area contributed by atoms with Crippen molar-refractivity contribution in [2.45, 2.75) is 25.3 Å². The summed E-state index contributed by atoms with van der Waals surface area (Å²) in [5.41, 5.74) is 1.27. The Morgan fingerprint density at radius 2 is 2.47 bits per heavy atom. The summed E-state index contributed by atoms with van der Waals surface area (Å²) in [6.07, 6.45) is 3.68. The molecule has 2 rings (SSSR count). The molecular formula is C12H13N3O2. The number of nitrogens with zero attached hydrogens (tertiary/aromatic N) is 3. The molecule has 0 radical (unpaired) electrons. The van der Waals surface area contributed by atoms with E-state index in [4.69, 9.17) is 10.4 Å². The van der Waals surface area contributed by atoms with Gasteiger partial charge in [0.2, 0.25) is 0 Å². The van der Waals surface area contributed by atoms with Crippen LogP contribution in [0.5, 0.6) is 0 Å². The van der Waals surface area contributed by atoms with E-state index < -0.39 is 5.97 Å². The zero-order valence-electron chi connectivity index (χ0n) is 9.33. The zero-order valence-corrected chi connectivity index (χ0v) is 9.33. The van der Waals surface area contributed by atoms with Gasteiger partial charge in [-0.25, -0.2) is 4.98 Å². The second-order valence-electron chi connectivity index (χ2n) is 4.10. The van der Waals surface area contributed by atoms with Crippen LogP contribution in [0.1, 0.15) is 25.0 Å². The smallest absolute Gasteiger partial charge is 0.305 e. The van der Waals surface area contributed by atoms with Gasteiger partial charge in [-0.15, -0.1) is 0 Å². The average molecular weight is 231 g/mol.